The average Bonchev–Trinajstić information content (AvgIpc) is 3.02. The van der Waals surface area contributed by atoms with E-state index in [-0.39, 0.29) is 17.8 Å². The SMILES string of the molecule is C[C@H]1CN(Cc2cccc(-c3cc(CNC(=O)c4cccc(CC5CCN(C(=O)OC(C)(C)C)CC5)c4)ccc3F)c2)CCN1C. The van der Waals surface area contributed by atoms with Gasteiger partial charge in [0.2, 0.25) is 0 Å². The van der Waals surface area contributed by atoms with Crippen LogP contribution in [-0.4, -0.2) is 78.1 Å². The summed E-state index contributed by atoms with van der Waals surface area (Å²) < 4.78 is 20.6. The van der Waals surface area contributed by atoms with Gasteiger partial charge in [0.25, 0.3) is 5.91 Å². The summed E-state index contributed by atoms with van der Waals surface area (Å²) in [4.78, 5) is 32.2. The van der Waals surface area contributed by atoms with Crippen LogP contribution in [0.5, 0.6) is 0 Å². The van der Waals surface area contributed by atoms with E-state index < -0.39 is 5.60 Å². The van der Waals surface area contributed by atoms with Crippen molar-refractivity contribution in [3.63, 3.8) is 0 Å². The molecule has 0 saturated carbocycles. The predicted molar refractivity (Wildman–Crippen MR) is 181 cm³/mol. The Morgan fingerprint density at radius 3 is 2.39 bits per heavy atom. The zero-order valence-electron chi connectivity index (χ0n) is 28.0. The number of amides is 2. The molecule has 0 aliphatic carbocycles. The molecule has 3 aromatic rings. The quantitative estimate of drug-likeness (QED) is 0.299. The third-order valence-electron chi connectivity index (χ3n) is 9.15. The van der Waals surface area contributed by atoms with Crippen LogP contribution in [0.3, 0.4) is 0 Å². The van der Waals surface area contributed by atoms with Crippen LogP contribution in [0.25, 0.3) is 11.1 Å². The highest BCUT2D eigenvalue weighted by molar-refractivity contribution is 5.94. The molecule has 3 aromatic carbocycles. The third-order valence-corrected chi connectivity index (χ3v) is 9.15. The molecule has 2 aliphatic heterocycles. The second-order valence-corrected chi connectivity index (χ2v) is 14.1. The van der Waals surface area contributed by atoms with Crippen LogP contribution in [-0.2, 0) is 24.2 Å². The van der Waals surface area contributed by atoms with Gasteiger partial charge in [-0.05, 0) is 113 Å². The molecule has 1 atom stereocenters. The number of carbonyl (C=O) groups excluding carboxylic acids is 2. The van der Waals surface area contributed by atoms with Crippen LogP contribution in [0.4, 0.5) is 9.18 Å². The molecule has 7 nitrogen and oxygen atoms in total. The van der Waals surface area contributed by atoms with E-state index in [0.717, 1.165) is 62.1 Å². The van der Waals surface area contributed by atoms with E-state index in [1.54, 1.807) is 11.0 Å². The Hall–Kier alpha value is -3.75. The fourth-order valence-electron chi connectivity index (χ4n) is 6.37. The van der Waals surface area contributed by atoms with Crippen molar-refractivity contribution in [2.24, 2.45) is 5.92 Å². The first kappa shape index (κ1) is 33.6. The van der Waals surface area contributed by atoms with Crippen LogP contribution < -0.4 is 5.32 Å². The Morgan fingerprint density at radius 1 is 0.913 bits per heavy atom. The summed E-state index contributed by atoms with van der Waals surface area (Å²) in [6.45, 7) is 13.5. The minimum Gasteiger partial charge on any atom is -0.444 e. The topological polar surface area (TPSA) is 65.1 Å². The van der Waals surface area contributed by atoms with E-state index in [9.17, 15) is 9.59 Å². The number of nitrogens with one attached hydrogen (secondary N) is 1. The Kier molecular flexibility index (Phi) is 10.8. The lowest BCUT2D eigenvalue weighted by molar-refractivity contribution is 0.0184. The average molecular weight is 629 g/mol. The van der Waals surface area contributed by atoms with Crippen molar-refractivity contribution < 1.29 is 18.7 Å². The molecule has 0 unspecified atom stereocenters. The van der Waals surface area contributed by atoms with Crippen LogP contribution in [0, 0.1) is 11.7 Å². The largest absolute Gasteiger partial charge is 0.444 e. The molecule has 1 N–H and O–H groups in total. The maximum atomic E-state index is 15.0. The van der Waals surface area contributed by atoms with E-state index in [1.807, 2.05) is 57.2 Å². The number of likely N-dealkylation sites (tertiary alicyclic amines) is 1. The molecule has 46 heavy (non-hydrogen) atoms. The van der Waals surface area contributed by atoms with Crippen molar-refractivity contribution in [2.75, 3.05) is 39.8 Å². The van der Waals surface area contributed by atoms with Gasteiger partial charge in [-0.3, -0.25) is 9.69 Å². The standard InChI is InChI=1S/C38H49FN4O3/c1-27-25-42(19-18-41(27)5)26-31-9-7-10-32(22-31)34-23-30(12-13-35(34)39)24-40-36(44)33-11-6-8-29(21-33)20-28-14-16-43(17-15-28)37(45)46-38(2,3)4/h6-13,21-23,27-28H,14-20,24-26H2,1-5H3,(H,40,44)/t27-/m0/s1. The predicted octanol–water partition coefficient (Wildman–Crippen LogP) is 6.75. The number of nitrogens with zero attached hydrogens (tertiary/aromatic N) is 3. The number of carbonyl (C=O) groups is 2. The summed E-state index contributed by atoms with van der Waals surface area (Å²) in [7, 11) is 2.17. The van der Waals surface area contributed by atoms with Crippen molar-refractivity contribution in [3.8, 4) is 11.1 Å². The molecule has 0 spiro atoms. The normalized spacial score (nSPS) is 18.4. The molecule has 246 valence electrons. The number of likely N-dealkylation sites (N-methyl/N-ethyl adjacent to an activating group) is 1. The second-order valence-electron chi connectivity index (χ2n) is 14.1. The number of rotatable bonds is 8. The fraction of sp³-hybridized carbons (Fsp3) is 0.474. The number of piperazine rings is 1. The highest BCUT2D eigenvalue weighted by Gasteiger charge is 2.27. The molecular weight excluding hydrogens is 579 g/mol. The van der Waals surface area contributed by atoms with Gasteiger partial charge in [-0.25, -0.2) is 9.18 Å². The molecule has 2 heterocycles. The molecule has 0 aromatic heterocycles. The zero-order valence-corrected chi connectivity index (χ0v) is 28.0. The minimum atomic E-state index is -0.497. The number of hydrogen-bond donors (Lipinski definition) is 1. The van der Waals surface area contributed by atoms with Gasteiger partial charge in [-0.15, -0.1) is 0 Å². The summed E-state index contributed by atoms with van der Waals surface area (Å²) in [6.07, 6.45) is 2.42. The van der Waals surface area contributed by atoms with Crippen LogP contribution >= 0.6 is 0 Å². The summed E-state index contributed by atoms with van der Waals surface area (Å²) in [5, 5.41) is 3.02. The van der Waals surface area contributed by atoms with E-state index in [0.29, 0.717) is 42.7 Å². The molecule has 0 radical (unpaired) electrons. The number of piperidine rings is 1. The van der Waals surface area contributed by atoms with Crippen LogP contribution in [0.2, 0.25) is 0 Å². The molecule has 2 saturated heterocycles. The van der Waals surface area contributed by atoms with Crippen molar-refractivity contribution in [2.45, 2.75) is 71.7 Å². The van der Waals surface area contributed by atoms with E-state index >= 15 is 4.39 Å². The van der Waals surface area contributed by atoms with Gasteiger partial charge >= 0.3 is 6.09 Å². The molecule has 2 aliphatic rings. The van der Waals surface area contributed by atoms with Crippen molar-refractivity contribution >= 4 is 12.0 Å². The Labute approximate surface area is 273 Å². The summed E-state index contributed by atoms with van der Waals surface area (Å²) >= 11 is 0. The van der Waals surface area contributed by atoms with E-state index in [4.69, 9.17) is 4.74 Å². The van der Waals surface area contributed by atoms with Gasteiger partial charge in [0, 0.05) is 63.0 Å². The summed E-state index contributed by atoms with van der Waals surface area (Å²) in [5.74, 6) is 0.0132. The Morgan fingerprint density at radius 2 is 1.65 bits per heavy atom. The highest BCUT2D eigenvalue weighted by Crippen LogP contribution is 2.27. The maximum Gasteiger partial charge on any atom is 0.410 e. The highest BCUT2D eigenvalue weighted by atomic mass is 19.1. The molecule has 0 bridgehead atoms. The third kappa shape index (κ3) is 9.17. The molecule has 2 fully saturated rings. The van der Waals surface area contributed by atoms with Crippen molar-refractivity contribution in [3.05, 3.63) is 94.8 Å². The van der Waals surface area contributed by atoms with Gasteiger partial charge in [0.15, 0.2) is 0 Å². The lowest BCUT2D eigenvalue weighted by Crippen LogP contribution is -2.49. The van der Waals surface area contributed by atoms with Crippen LogP contribution in [0.1, 0.15) is 67.6 Å². The number of benzene rings is 3. The zero-order chi connectivity index (χ0) is 32.8. The smallest absolute Gasteiger partial charge is 0.410 e. The second kappa shape index (κ2) is 14.8. The molecular formula is C38H49FN4O3. The number of hydrogen-bond acceptors (Lipinski definition) is 5. The first-order valence-electron chi connectivity index (χ1n) is 16.6. The monoisotopic (exact) mass is 628 g/mol. The number of ether oxygens (including phenoxy) is 1. The van der Waals surface area contributed by atoms with Crippen LogP contribution in [0.15, 0.2) is 66.7 Å². The molecule has 2 amide bonds. The lowest BCUT2D eigenvalue weighted by atomic mass is 9.90. The molecule has 5 rings (SSSR count). The summed E-state index contributed by atoms with van der Waals surface area (Å²) in [5.41, 5.74) is 4.62. The summed E-state index contributed by atoms with van der Waals surface area (Å²) in [6, 6.07) is 21.5. The van der Waals surface area contributed by atoms with Gasteiger partial charge in [0.1, 0.15) is 11.4 Å². The number of halogens is 1. The van der Waals surface area contributed by atoms with E-state index in [1.165, 1.54) is 11.6 Å². The van der Waals surface area contributed by atoms with Crippen molar-refractivity contribution in [1.82, 2.24) is 20.0 Å². The minimum absolute atomic E-state index is 0.157. The molecule has 8 heteroatoms. The van der Waals surface area contributed by atoms with Gasteiger partial charge in [0.05, 0.1) is 0 Å². The Balaban J connectivity index is 1.15. The van der Waals surface area contributed by atoms with Gasteiger partial charge < -0.3 is 19.9 Å². The first-order chi connectivity index (χ1) is 21.9. The van der Waals surface area contributed by atoms with E-state index in [2.05, 4.69) is 47.3 Å². The maximum absolute atomic E-state index is 15.0. The van der Waals surface area contributed by atoms with Gasteiger partial charge in [-0.2, -0.15) is 0 Å². The lowest BCUT2D eigenvalue weighted by Gasteiger charge is -2.37. The first-order valence-corrected chi connectivity index (χ1v) is 16.6. The Bertz CT molecular complexity index is 1510. The van der Waals surface area contributed by atoms with Gasteiger partial charge in [-0.1, -0.05) is 36.4 Å². The van der Waals surface area contributed by atoms with Crippen molar-refractivity contribution in [1.29, 1.82) is 0 Å². The fourth-order valence-corrected chi connectivity index (χ4v) is 6.37.